The Kier molecular flexibility index (Phi) is 7.80. The summed E-state index contributed by atoms with van der Waals surface area (Å²) < 4.78 is 7.09. The van der Waals surface area contributed by atoms with E-state index in [4.69, 9.17) is 0 Å². The number of hydrogen-bond acceptors (Lipinski definition) is 0. The Morgan fingerprint density at radius 3 is 1.72 bits per heavy atom. The first kappa shape index (κ1) is 23.2. The molecule has 0 saturated carbocycles. The fourth-order valence-corrected chi connectivity index (χ4v) is 18.0. The second-order valence-electron chi connectivity index (χ2n) is 9.11. The predicted molar refractivity (Wildman–Crippen MR) is 129 cm³/mol. The number of benzene rings is 1. The Labute approximate surface area is 192 Å². The molecule has 3 heteroatoms. The van der Waals surface area contributed by atoms with Gasteiger partial charge < -0.3 is 0 Å². The molecule has 0 radical (unpaired) electrons. The molecule has 0 nitrogen and oxygen atoms in total. The molecule has 4 aliphatic rings. The van der Waals surface area contributed by atoms with Crippen molar-refractivity contribution in [2.24, 2.45) is 0 Å². The van der Waals surface area contributed by atoms with Crippen molar-refractivity contribution in [3.63, 3.8) is 0 Å². The van der Waals surface area contributed by atoms with Crippen molar-refractivity contribution in [3.05, 3.63) is 82.5 Å². The molecule has 0 fully saturated rings. The summed E-state index contributed by atoms with van der Waals surface area (Å²) in [6.07, 6.45) is 21.2. The quantitative estimate of drug-likeness (QED) is 0.386. The third kappa shape index (κ3) is 4.30. The van der Waals surface area contributed by atoms with Gasteiger partial charge in [0.1, 0.15) is 0 Å². The van der Waals surface area contributed by atoms with Crippen LogP contribution in [0.4, 0.5) is 0 Å². The first-order valence-electron chi connectivity index (χ1n) is 11.0. The summed E-state index contributed by atoms with van der Waals surface area (Å²) in [4.78, 5) is 0. The van der Waals surface area contributed by atoms with E-state index in [0.717, 1.165) is 7.25 Å². The molecule has 1 aromatic carbocycles. The molecule has 0 N–H and O–H groups in total. The molecule has 0 aliphatic heterocycles. The molecule has 5 rings (SSSR count). The third-order valence-electron chi connectivity index (χ3n) is 7.46. The second-order valence-corrected chi connectivity index (χ2v) is 19.6. The Bertz CT molecular complexity index is 865. The molecule has 0 amide bonds. The van der Waals surface area contributed by atoms with Crippen LogP contribution in [-0.4, -0.2) is 3.71 Å². The minimum absolute atomic E-state index is 0. The Morgan fingerprint density at radius 1 is 0.724 bits per heavy atom. The third-order valence-corrected chi connectivity index (χ3v) is 19.1. The van der Waals surface area contributed by atoms with Crippen LogP contribution < -0.4 is 0 Å². The number of allylic oxidation sites excluding steroid dienone is 8. The molecule has 0 bridgehead atoms. The van der Waals surface area contributed by atoms with Gasteiger partial charge in [-0.3, -0.25) is 0 Å². The Balaban J connectivity index is 0.00000120. The van der Waals surface area contributed by atoms with E-state index in [2.05, 4.69) is 63.0 Å². The van der Waals surface area contributed by atoms with Gasteiger partial charge in [0.05, 0.1) is 0 Å². The first-order chi connectivity index (χ1) is 13.3. The minimum atomic E-state index is -2.72. The maximum absolute atomic E-state index is 2.81. The van der Waals surface area contributed by atoms with Crippen molar-refractivity contribution in [2.45, 2.75) is 63.2 Å². The van der Waals surface area contributed by atoms with Crippen molar-refractivity contribution < 1.29 is 19.8 Å². The summed E-state index contributed by atoms with van der Waals surface area (Å²) in [5.74, 6) is 0. The molecule has 2 unspecified atom stereocenters. The monoisotopic (exact) mass is 505 g/mol. The molecule has 2 atom stereocenters. The zero-order chi connectivity index (χ0) is 18.3. The van der Waals surface area contributed by atoms with Gasteiger partial charge in [-0.1, -0.05) is 0 Å². The normalized spacial score (nSPS) is 26.9. The van der Waals surface area contributed by atoms with Crippen molar-refractivity contribution in [3.8, 4) is 0 Å². The van der Waals surface area contributed by atoms with Crippen LogP contribution in [0.25, 0.3) is 0 Å². The van der Waals surface area contributed by atoms with E-state index in [1.54, 1.807) is 11.1 Å². The Morgan fingerprint density at radius 2 is 1.21 bits per heavy atom. The van der Waals surface area contributed by atoms with Crippen LogP contribution in [0.15, 0.2) is 76.9 Å². The summed E-state index contributed by atoms with van der Waals surface area (Å²) in [5.41, 5.74) is 8.55. The Hall–Kier alpha value is -0.487. The van der Waals surface area contributed by atoms with Gasteiger partial charge in [0.25, 0.3) is 0 Å². The van der Waals surface area contributed by atoms with Gasteiger partial charge >= 0.3 is 169 Å². The molecule has 29 heavy (non-hydrogen) atoms. The average molecular weight is 508 g/mol. The topological polar surface area (TPSA) is 0 Å². The molecule has 0 saturated heterocycles. The van der Waals surface area contributed by atoms with Gasteiger partial charge in [0.15, 0.2) is 0 Å². The van der Waals surface area contributed by atoms with E-state index >= 15 is 0 Å². The van der Waals surface area contributed by atoms with E-state index in [1.807, 2.05) is 11.1 Å². The van der Waals surface area contributed by atoms with Gasteiger partial charge in [-0.05, 0) is 0 Å². The van der Waals surface area contributed by atoms with E-state index in [1.165, 1.54) is 56.9 Å². The summed E-state index contributed by atoms with van der Waals surface area (Å²) in [7, 11) is 0. The van der Waals surface area contributed by atoms with Crippen LogP contribution in [0, 0.1) is 0 Å². The molecule has 0 spiro atoms. The van der Waals surface area contributed by atoms with Gasteiger partial charge in [0, 0.05) is 0 Å². The van der Waals surface area contributed by atoms with Crippen molar-refractivity contribution in [1.29, 1.82) is 0 Å². The molecule has 0 aromatic heterocycles. The van der Waals surface area contributed by atoms with Crippen LogP contribution in [-0.2, 0) is 19.8 Å². The van der Waals surface area contributed by atoms with E-state index in [9.17, 15) is 0 Å². The molecule has 155 valence electrons. The van der Waals surface area contributed by atoms with Crippen LogP contribution in [0.3, 0.4) is 0 Å². The van der Waals surface area contributed by atoms with Gasteiger partial charge in [-0.2, -0.15) is 0 Å². The van der Waals surface area contributed by atoms with Gasteiger partial charge in [-0.25, -0.2) is 0 Å². The van der Waals surface area contributed by atoms with Gasteiger partial charge in [-0.15, -0.1) is 24.8 Å². The summed E-state index contributed by atoms with van der Waals surface area (Å²) in [6, 6.07) is 11.2. The van der Waals surface area contributed by atoms with Crippen molar-refractivity contribution in [2.75, 3.05) is 0 Å². The summed E-state index contributed by atoms with van der Waals surface area (Å²) in [6.45, 7) is 0. The second kappa shape index (κ2) is 9.76. The van der Waals surface area contributed by atoms with E-state index < -0.39 is 19.8 Å². The zero-order valence-corrected chi connectivity index (χ0v) is 21.5. The number of rotatable bonds is 3. The fourth-order valence-electron chi connectivity index (χ4n) is 6.10. The summed E-state index contributed by atoms with van der Waals surface area (Å²) in [5, 5.41) is 0. The molecular formula is C26H33Cl2Zr. The van der Waals surface area contributed by atoms with Gasteiger partial charge in [0.2, 0.25) is 0 Å². The SMILES string of the molecule is Cl.Cl.[CH3][Zr](=[CH]c1ccccc1)([CH]1C=CC2=C1CCCC2)[CH]1C=CC2=C1CCCC2. The average Bonchev–Trinajstić information content (AvgIpc) is 3.34. The van der Waals surface area contributed by atoms with Crippen LogP contribution in [0.5, 0.6) is 0 Å². The molecule has 0 heterocycles. The van der Waals surface area contributed by atoms with E-state index in [-0.39, 0.29) is 24.8 Å². The number of hydrogen-bond donors (Lipinski definition) is 0. The standard InChI is InChI=1S/2C9H11.C7H6.CH3.2ClH.Zr/c2*1-2-5-9-7-3-6-8(9)4-1;1-7-5-3-2-4-6-7;;;;/h2*3,6-7H,1-2,4-5H2;1-6H;1H3;2*1H;. The number of halogens is 2. The van der Waals surface area contributed by atoms with Crippen molar-refractivity contribution in [1.82, 2.24) is 0 Å². The van der Waals surface area contributed by atoms with E-state index in [0.29, 0.717) is 0 Å². The fraction of sp³-hybridized carbons (Fsp3) is 0.423. The maximum atomic E-state index is 2.81. The van der Waals surface area contributed by atoms with Crippen molar-refractivity contribution >= 4 is 28.5 Å². The first-order valence-corrected chi connectivity index (χ1v) is 17.7. The molecule has 4 aliphatic carbocycles. The van der Waals surface area contributed by atoms with Crippen LogP contribution in [0.1, 0.15) is 56.9 Å². The van der Waals surface area contributed by atoms with Crippen LogP contribution >= 0.6 is 24.8 Å². The summed E-state index contributed by atoms with van der Waals surface area (Å²) >= 11 is -2.72. The predicted octanol–water partition coefficient (Wildman–Crippen LogP) is 8.34. The molecule has 1 aromatic rings. The zero-order valence-electron chi connectivity index (χ0n) is 17.4. The van der Waals surface area contributed by atoms with Crippen LogP contribution in [0.2, 0.25) is 11.9 Å². The molecular weight excluding hydrogens is 474 g/mol.